The number of unbranched alkanes of at least 4 members (excludes halogenated alkanes) is 4. The fourth-order valence-electron chi connectivity index (χ4n) is 2.64. The van der Waals surface area contributed by atoms with Gasteiger partial charge in [0, 0.05) is 6.20 Å². The first-order chi connectivity index (χ1) is 12.2. The van der Waals surface area contributed by atoms with E-state index in [0.29, 0.717) is 0 Å². The Labute approximate surface area is 149 Å². The summed E-state index contributed by atoms with van der Waals surface area (Å²) in [6.45, 7) is 3.00. The van der Waals surface area contributed by atoms with E-state index in [0.717, 1.165) is 37.2 Å². The van der Waals surface area contributed by atoms with Crippen molar-refractivity contribution in [3.63, 3.8) is 0 Å². The highest BCUT2D eigenvalue weighted by molar-refractivity contribution is 5.85. The van der Waals surface area contributed by atoms with E-state index >= 15 is 0 Å². The Hall–Kier alpha value is -2.36. The van der Waals surface area contributed by atoms with Crippen LogP contribution in [0.5, 0.6) is 5.75 Å². The molecule has 4 nitrogen and oxygen atoms in total. The molecule has 0 radical (unpaired) electrons. The average Bonchev–Trinajstić information content (AvgIpc) is 2.64. The zero-order chi connectivity index (χ0) is 17.9. The zero-order valence-corrected chi connectivity index (χ0v) is 14.9. The summed E-state index contributed by atoms with van der Waals surface area (Å²) in [5.41, 5.74) is 2.36. The highest BCUT2D eigenvalue weighted by Gasteiger charge is 2.04. The number of hydrogen-bond acceptors (Lipinski definition) is 3. The maximum absolute atomic E-state index is 10.8. The van der Waals surface area contributed by atoms with Crippen molar-refractivity contribution in [1.82, 2.24) is 4.98 Å². The van der Waals surface area contributed by atoms with Gasteiger partial charge >= 0.3 is 5.97 Å². The predicted molar refractivity (Wildman–Crippen MR) is 99.3 cm³/mol. The zero-order valence-electron chi connectivity index (χ0n) is 14.9. The Morgan fingerprint density at radius 1 is 0.960 bits per heavy atom. The Bertz CT molecular complexity index is 635. The van der Waals surface area contributed by atoms with E-state index < -0.39 is 5.97 Å². The van der Waals surface area contributed by atoms with Crippen LogP contribution in [0.1, 0.15) is 60.6 Å². The lowest BCUT2D eigenvalue weighted by Crippen LogP contribution is -2.01. The molecule has 0 aliphatic rings. The van der Waals surface area contributed by atoms with Crippen LogP contribution in [0.4, 0.5) is 0 Å². The summed E-state index contributed by atoms with van der Waals surface area (Å²) in [5, 5.41) is 8.85. The lowest BCUT2D eigenvalue weighted by molar-refractivity contribution is 0.0690. The smallest absolute Gasteiger partial charge is 0.354 e. The number of ether oxygens (including phenoxy) is 1. The number of aromatic carboxylic acids is 1. The van der Waals surface area contributed by atoms with Crippen LogP contribution in [-0.4, -0.2) is 22.7 Å². The molecular formula is C21H27NO3. The largest absolute Gasteiger partial charge is 0.494 e. The first-order valence-electron chi connectivity index (χ1n) is 9.09. The van der Waals surface area contributed by atoms with E-state index in [2.05, 4.69) is 24.0 Å². The van der Waals surface area contributed by atoms with Gasteiger partial charge in [-0.1, -0.05) is 50.8 Å². The number of nitrogens with zero attached hydrogens (tertiary/aromatic N) is 1. The first kappa shape index (κ1) is 19.0. The number of aromatic nitrogens is 1. The minimum atomic E-state index is -0.993. The summed E-state index contributed by atoms with van der Waals surface area (Å²) in [4.78, 5) is 14.7. The Balaban J connectivity index is 1.71. The fraction of sp³-hybridized carbons (Fsp3) is 0.429. The molecule has 0 saturated carbocycles. The predicted octanol–water partition coefficient (Wildman–Crippen LogP) is 4.91. The van der Waals surface area contributed by atoms with Crippen molar-refractivity contribution in [3.8, 4) is 5.75 Å². The maximum Gasteiger partial charge on any atom is 0.354 e. The summed E-state index contributed by atoms with van der Waals surface area (Å²) in [6, 6.07) is 11.6. The van der Waals surface area contributed by atoms with E-state index in [1.54, 1.807) is 12.3 Å². The molecule has 0 unspecified atom stereocenters. The molecule has 0 bridgehead atoms. The minimum absolute atomic E-state index is 0.0833. The maximum atomic E-state index is 10.8. The topological polar surface area (TPSA) is 59.4 Å². The molecule has 0 spiro atoms. The van der Waals surface area contributed by atoms with Crippen molar-refractivity contribution in [2.75, 3.05) is 6.61 Å². The molecule has 0 aliphatic heterocycles. The van der Waals surface area contributed by atoms with Gasteiger partial charge in [0.2, 0.25) is 0 Å². The Kier molecular flexibility index (Phi) is 7.96. The standard InChI is InChI=1S/C21H27NO3/c1-2-3-4-5-6-15-25-19-12-9-17(10-13-19)7-8-18-11-14-20(21(23)24)22-16-18/h9-14,16H,2-8,15H2,1H3,(H,23,24). The fourth-order valence-corrected chi connectivity index (χ4v) is 2.64. The third-order valence-corrected chi connectivity index (χ3v) is 4.19. The molecule has 4 heteroatoms. The number of hydrogen-bond donors (Lipinski definition) is 1. The number of aryl methyl sites for hydroxylation is 2. The molecule has 1 aromatic heterocycles. The number of benzene rings is 1. The van der Waals surface area contributed by atoms with Crippen molar-refractivity contribution in [1.29, 1.82) is 0 Å². The van der Waals surface area contributed by atoms with Gasteiger partial charge in [-0.2, -0.15) is 0 Å². The second kappa shape index (κ2) is 10.5. The van der Waals surface area contributed by atoms with Gasteiger partial charge in [-0.25, -0.2) is 9.78 Å². The van der Waals surface area contributed by atoms with E-state index in [9.17, 15) is 4.79 Å². The number of rotatable bonds is 11. The molecule has 0 fully saturated rings. The Morgan fingerprint density at radius 3 is 2.28 bits per heavy atom. The molecule has 1 heterocycles. The van der Waals surface area contributed by atoms with Crippen LogP contribution in [0.25, 0.3) is 0 Å². The number of carbonyl (C=O) groups is 1. The second-order valence-corrected chi connectivity index (χ2v) is 6.26. The van der Waals surface area contributed by atoms with E-state index in [4.69, 9.17) is 9.84 Å². The summed E-state index contributed by atoms with van der Waals surface area (Å²) in [5.74, 6) is -0.0702. The molecule has 2 rings (SSSR count). The van der Waals surface area contributed by atoms with Crippen LogP contribution in [-0.2, 0) is 12.8 Å². The number of carboxylic acid groups (broad SMARTS) is 1. The van der Waals surface area contributed by atoms with Crippen molar-refractivity contribution in [3.05, 3.63) is 59.4 Å². The molecule has 1 aromatic carbocycles. The van der Waals surface area contributed by atoms with Crippen LogP contribution in [0.15, 0.2) is 42.6 Å². The highest BCUT2D eigenvalue weighted by atomic mass is 16.5. The SMILES string of the molecule is CCCCCCCOc1ccc(CCc2ccc(C(=O)O)nc2)cc1. The van der Waals surface area contributed by atoms with Gasteiger partial charge in [-0.05, 0) is 48.6 Å². The van der Waals surface area contributed by atoms with E-state index in [-0.39, 0.29) is 5.69 Å². The molecule has 25 heavy (non-hydrogen) atoms. The monoisotopic (exact) mass is 341 g/mol. The lowest BCUT2D eigenvalue weighted by atomic mass is 10.1. The van der Waals surface area contributed by atoms with Crippen molar-refractivity contribution >= 4 is 5.97 Å². The summed E-state index contributed by atoms with van der Waals surface area (Å²) >= 11 is 0. The van der Waals surface area contributed by atoms with Gasteiger partial charge in [-0.3, -0.25) is 0 Å². The number of pyridine rings is 1. The molecule has 1 N–H and O–H groups in total. The van der Waals surface area contributed by atoms with Gasteiger partial charge in [0.25, 0.3) is 0 Å². The molecule has 2 aromatic rings. The summed E-state index contributed by atoms with van der Waals surface area (Å²) in [7, 11) is 0. The molecule has 0 saturated heterocycles. The van der Waals surface area contributed by atoms with Crippen LogP contribution in [0.3, 0.4) is 0 Å². The molecule has 134 valence electrons. The van der Waals surface area contributed by atoms with Crippen molar-refractivity contribution in [2.45, 2.75) is 51.9 Å². The quantitative estimate of drug-likeness (QED) is 0.590. The third kappa shape index (κ3) is 6.96. The van der Waals surface area contributed by atoms with Crippen molar-refractivity contribution in [2.24, 2.45) is 0 Å². The van der Waals surface area contributed by atoms with E-state index in [1.165, 1.54) is 31.2 Å². The van der Waals surface area contributed by atoms with Gasteiger partial charge in [0.05, 0.1) is 6.61 Å². The first-order valence-corrected chi connectivity index (χ1v) is 9.09. The Morgan fingerprint density at radius 2 is 1.64 bits per heavy atom. The normalized spacial score (nSPS) is 10.6. The summed E-state index contributed by atoms with van der Waals surface area (Å²) < 4.78 is 5.77. The average molecular weight is 341 g/mol. The third-order valence-electron chi connectivity index (χ3n) is 4.19. The van der Waals surface area contributed by atoms with Gasteiger partial charge in [0.1, 0.15) is 11.4 Å². The van der Waals surface area contributed by atoms with Gasteiger partial charge < -0.3 is 9.84 Å². The van der Waals surface area contributed by atoms with Crippen LogP contribution in [0.2, 0.25) is 0 Å². The van der Waals surface area contributed by atoms with Crippen molar-refractivity contribution < 1.29 is 14.6 Å². The van der Waals surface area contributed by atoms with Crippen LogP contribution >= 0.6 is 0 Å². The molecule has 0 aliphatic carbocycles. The molecular weight excluding hydrogens is 314 g/mol. The van der Waals surface area contributed by atoms with Gasteiger partial charge in [-0.15, -0.1) is 0 Å². The van der Waals surface area contributed by atoms with E-state index in [1.807, 2.05) is 18.2 Å². The molecule has 0 amide bonds. The second-order valence-electron chi connectivity index (χ2n) is 6.26. The summed E-state index contributed by atoms with van der Waals surface area (Å²) in [6.07, 6.45) is 9.59. The minimum Gasteiger partial charge on any atom is -0.494 e. The molecule has 0 atom stereocenters. The van der Waals surface area contributed by atoms with Crippen LogP contribution in [0, 0.1) is 0 Å². The lowest BCUT2D eigenvalue weighted by Gasteiger charge is -2.07. The van der Waals surface area contributed by atoms with Crippen LogP contribution < -0.4 is 4.74 Å². The highest BCUT2D eigenvalue weighted by Crippen LogP contribution is 2.15. The van der Waals surface area contributed by atoms with Gasteiger partial charge in [0.15, 0.2) is 0 Å². The number of carboxylic acids is 1.